The summed E-state index contributed by atoms with van der Waals surface area (Å²) in [6.07, 6.45) is 8.35. The van der Waals surface area contributed by atoms with E-state index in [-0.39, 0.29) is 0 Å². The molecule has 1 aromatic rings. The highest BCUT2D eigenvalue weighted by Gasteiger charge is 2.14. The molecule has 1 aliphatic rings. The highest BCUT2D eigenvalue weighted by atomic mass is 16.5. The van der Waals surface area contributed by atoms with Crippen LogP contribution in [0.3, 0.4) is 0 Å². The van der Waals surface area contributed by atoms with Gasteiger partial charge in [-0.05, 0) is 24.8 Å². The van der Waals surface area contributed by atoms with E-state index in [0.717, 1.165) is 6.61 Å². The smallest absolute Gasteiger partial charge is 0.215 e. The van der Waals surface area contributed by atoms with E-state index in [0.29, 0.717) is 17.5 Å². The van der Waals surface area contributed by atoms with Gasteiger partial charge in [0.15, 0.2) is 0 Å². The molecule has 2 rings (SSSR count). The van der Waals surface area contributed by atoms with Gasteiger partial charge < -0.3 is 10.5 Å². The predicted molar refractivity (Wildman–Crippen MR) is 60.7 cm³/mol. The Morgan fingerprint density at radius 3 is 2.87 bits per heavy atom. The van der Waals surface area contributed by atoms with Crippen molar-refractivity contribution in [2.24, 2.45) is 5.92 Å². The van der Waals surface area contributed by atoms with Crippen LogP contribution in [-0.4, -0.2) is 11.6 Å². The Labute approximate surface area is 90.7 Å². The van der Waals surface area contributed by atoms with Gasteiger partial charge in [0.1, 0.15) is 0 Å². The number of nitrogens with two attached hydrogens (primary N) is 1. The molecule has 1 heterocycles. The lowest BCUT2D eigenvalue weighted by atomic mass is 9.90. The highest BCUT2D eigenvalue weighted by Crippen LogP contribution is 2.24. The van der Waals surface area contributed by atoms with Crippen LogP contribution in [0.5, 0.6) is 5.88 Å². The van der Waals surface area contributed by atoms with E-state index in [1.54, 1.807) is 18.3 Å². The first-order valence-electron chi connectivity index (χ1n) is 5.69. The number of rotatable bonds is 3. The number of hydrogen-bond acceptors (Lipinski definition) is 3. The fraction of sp³-hybridized carbons (Fsp3) is 0.583. The van der Waals surface area contributed by atoms with Crippen LogP contribution in [0, 0.1) is 5.92 Å². The summed E-state index contributed by atoms with van der Waals surface area (Å²) in [5, 5.41) is 0. The molecule has 15 heavy (non-hydrogen) atoms. The Hall–Kier alpha value is -1.25. The molecule has 1 saturated carbocycles. The molecule has 1 aromatic heterocycles. The number of anilines is 1. The Morgan fingerprint density at radius 2 is 2.13 bits per heavy atom. The van der Waals surface area contributed by atoms with Gasteiger partial charge in [-0.3, -0.25) is 0 Å². The summed E-state index contributed by atoms with van der Waals surface area (Å²) in [5.74, 6) is 1.36. The maximum absolute atomic E-state index is 5.65. The van der Waals surface area contributed by atoms with Crippen molar-refractivity contribution in [1.82, 2.24) is 4.98 Å². The zero-order valence-corrected chi connectivity index (χ0v) is 8.98. The van der Waals surface area contributed by atoms with Crippen molar-refractivity contribution in [1.29, 1.82) is 0 Å². The molecule has 0 aliphatic heterocycles. The maximum atomic E-state index is 5.65. The molecule has 0 spiro atoms. The second kappa shape index (κ2) is 5.01. The predicted octanol–water partition coefficient (Wildman–Crippen LogP) is 2.62. The zero-order valence-electron chi connectivity index (χ0n) is 8.98. The first-order chi connectivity index (χ1) is 7.34. The third-order valence-electron chi connectivity index (χ3n) is 2.95. The van der Waals surface area contributed by atoms with Gasteiger partial charge in [0.25, 0.3) is 0 Å². The lowest BCUT2D eigenvalue weighted by Gasteiger charge is -2.21. The van der Waals surface area contributed by atoms with Crippen LogP contribution in [0.25, 0.3) is 0 Å². The van der Waals surface area contributed by atoms with Crippen molar-refractivity contribution >= 4 is 5.69 Å². The van der Waals surface area contributed by atoms with Gasteiger partial charge in [-0.15, -0.1) is 0 Å². The largest absolute Gasteiger partial charge is 0.477 e. The van der Waals surface area contributed by atoms with Crippen LogP contribution in [0.2, 0.25) is 0 Å². The number of pyridine rings is 1. The summed E-state index contributed by atoms with van der Waals surface area (Å²) < 4.78 is 5.64. The van der Waals surface area contributed by atoms with Crippen molar-refractivity contribution < 1.29 is 4.74 Å². The summed E-state index contributed by atoms with van der Waals surface area (Å²) in [6, 6.07) is 3.55. The fourth-order valence-corrected chi connectivity index (χ4v) is 2.06. The second-order valence-corrected chi connectivity index (χ2v) is 4.24. The van der Waals surface area contributed by atoms with E-state index in [4.69, 9.17) is 10.5 Å². The van der Waals surface area contributed by atoms with E-state index >= 15 is 0 Å². The van der Waals surface area contributed by atoms with Crippen LogP contribution < -0.4 is 10.5 Å². The molecule has 0 radical (unpaired) electrons. The van der Waals surface area contributed by atoms with E-state index < -0.39 is 0 Å². The minimum atomic E-state index is 0.653. The van der Waals surface area contributed by atoms with Crippen LogP contribution in [0.4, 0.5) is 5.69 Å². The molecule has 0 unspecified atom stereocenters. The number of aromatic nitrogens is 1. The van der Waals surface area contributed by atoms with Crippen molar-refractivity contribution in [2.75, 3.05) is 12.3 Å². The monoisotopic (exact) mass is 206 g/mol. The number of nitrogen functional groups attached to an aromatic ring is 1. The first kappa shape index (κ1) is 10.3. The van der Waals surface area contributed by atoms with Crippen molar-refractivity contribution in [3.05, 3.63) is 18.3 Å². The molecule has 0 bridgehead atoms. The van der Waals surface area contributed by atoms with E-state index in [1.165, 1.54) is 32.1 Å². The molecule has 0 atom stereocenters. The molecule has 0 aromatic carbocycles. The molecule has 3 nitrogen and oxygen atoms in total. The Morgan fingerprint density at radius 1 is 1.33 bits per heavy atom. The summed E-state index contributed by atoms with van der Waals surface area (Å²) in [4.78, 5) is 4.12. The van der Waals surface area contributed by atoms with Gasteiger partial charge in [0.2, 0.25) is 5.88 Å². The molecule has 2 N–H and O–H groups in total. The number of hydrogen-bond donors (Lipinski definition) is 1. The molecule has 1 aliphatic carbocycles. The van der Waals surface area contributed by atoms with Gasteiger partial charge in [-0.2, -0.15) is 0 Å². The van der Waals surface area contributed by atoms with Crippen LogP contribution in [-0.2, 0) is 0 Å². The summed E-state index contributed by atoms with van der Waals surface area (Å²) in [5.41, 5.74) is 6.36. The van der Waals surface area contributed by atoms with E-state index in [1.807, 2.05) is 0 Å². The zero-order chi connectivity index (χ0) is 10.5. The Balaban J connectivity index is 1.81. The average Bonchev–Trinajstić information content (AvgIpc) is 2.28. The highest BCUT2D eigenvalue weighted by molar-refractivity contribution is 5.39. The van der Waals surface area contributed by atoms with Gasteiger partial charge in [0, 0.05) is 18.0 Å². The topological polar surface area (TPSA) is 48.1 Å². The van der Waals surface area contributed by atoms with E-state index in [9.17, 15) is 0 Å². The fourth-order valence-electron chi connectivity index (χ4n) is 2.06. The van der Waals surface area contributed by atoms with Crippen molar-refractivity contribution in [3.8, 4) is 5.88 Å². The quantitative estimate of drug-likeness (QED) is 0.827. The number of ether oxygens (including phenoxy) is 1. The normalized spacial score (nSPS) is 17.6. The molecular formula is C12H18N2O. The summed E-state index contributed by atoms with van der Waals surface area (Å²) >= 11 is 0. The molecule has 3 heteroatoms. The summed E-state index contributed by atoms with van der Waals surface area (Å²) in [7, 11) is 0. The van der Waals surface area contributed by atoms with Crippen molar-refractivity contribution in [3.63, 3.8) is 0 Å². The molecule has 0 saturated heterocycles. The van der Waals surface area contributed by atoms with Crippen LogP contribution >= 0.6 is 0 Å². The second-order valence-electron chi connectivity index (χ2n) is 4.24. The van der Waals surface area contributed by atoms with E-state index in [2.05, 4.69) is 4.98 Å². The minimum Gasteiger partial charge on any atom is -0.477 e. The SMILES string of the molecule is Nc1ccnc(OCC2CCCCC2)c1. The third-order valence-corrected chi connectivity index (χ3v) is 2.95. The van der Waals surface area contributed by atoms with Gasteiger partial charge in [-0.1, -0.05) is 19.3 Å². The molecule has 0 amide bonds. The molecule has 1 fully saturated rings. The van der Waals surface area contributed by atoms with Gasteiger partial charge >= 0.3 is 0 Å². The maximum Gasteiger partial charge on any atom is 0.215 e. The standard InChI is InChI=1S/C12H18N2O/c13-11-6-7-14-12(8-11)15-9-10-4-2-1-3-5-10/h6-8,10H,1-5,9H2,(H2,13,14). The molecular weight excluding hydrogens is 188 g/mol. The Bertz CT molecular complexity index is 308. The van der Waals surface area contributed by atoms with Crippen LogP contribution in [0.1, 0.15) is 32.1 Å². The lowest BCUT2D eigenvalue weighted by Crippen LogP contribution is -2.15. The van der Waals surface area contributed by atoms with Gasteiger partial charge in [-0.25, -0.2) is 4.98 Å². The van der Waals surface area contributed by atoms with Crippen LogP contribution in [0.15, 0.2) is 18.3 Å². The summed E-state index contributed by atoms with van der Waals surface area (Å²) in [6.45, 7) is 0.788. The molecule has 82 valence electrons. The first-order valence-corrected chi connectivity index (χ1v) is 5.69. The lowest BCUT2D eigenvalue weighted by molar-refractivity contribution is 0.203. The van der Waals surface area contributed by atoms with Crippen molar-refractivity contribution in [2.45, 2.75) is 32.1 Å². The number of nitrogens with zero attached hydrogens (tertiary/aromatic N) is 1. The minimum absolute atomic E-state index is 0.653. The van der Waals surface area contributed by atoms with Gasteiger partial charge in [0.05, 0.1) is 6.61 Å². The third kappa shape index (κ3) is 3.11. The Kier molecular flexibility index (Phi) is 3.43. The average molecular weight is 206 g/mol.